The van der Waals surface area contributed by atoms with E-state index >= 15 is 0 Å². The zero-order valence-corrected chi connectivity index (χ0v) is 14.0. The Morgan fingerprint density at radius 3 is 2.75 bits per heavy atom. The monoisotopic (exact) mass is 369 g/mol. The number of nitrogens with one attached hydrogen (secondary N) is 1. The maximum atomic E-state index is 11.9. The normalized spacial score (nSPS) is 10.3. The molecule has 5 heteroatoms. The van der Waals surface area contributed by atoms with Crippen LogP contribution in [0.15, 0.2) is 51.8 Å². The van der Waals surface area contributed by atoms with Crippen molar-refractivity contribution in [3.63, 3.8) is 0 Å². The van der Waals surface area contributed by atoms with E-state index in [1.165, 1.54) is 11.8 Å². The number of carbonyl (C=O) groups excluding carboxylic acids is 1. The van der Waals surface area contributed by atoms with Gasteiger partial charge in [0.05, 0.1) is 10.8 Å². The fourth-order valence-corrected chi connectivity index (χ4v) is 3.17. The Labute approximate surface area is 136 Å². The van der Waals surface area contributed by atoms with Gasteiger partial charge in [-0.2, -0.15) is 0 Å². The van der Waals surface area contributed by atoms with Crippen LogP contribution in [0.2, 0.25) is 5.02 Å². The molecule has 0 bridgehead atoms. The summed E-state index contributed by atoms with van der Waals surface area (Å²) in [6.45, 7) is 1.96. The molecule has 0 unspecified atom stereocenters. The van der Waals surface area contributed by atoms with Gasteiger partial charge < -0.3 is 5.32 Å². The van der Waals surface area contributed by atoms with Crippen LogP contribution in [0.3, 0.4) is 0 Å². The van der Waals surface area contributed by atoms with E-state index in [4.69, 9.17) is 11.6 Å². The number of aryl methyl sites for hydroxylation is 1. The molecule has 0 fully saturated rings. The Kier molecular flexibility index (Phi) is 5.52. The number of anilines is 1. The van der Waals surface area contributed by atoms with Crippen molar-refractivity contribution in [3.8, 4) is 0 Å². The van der Waals surface area contributed by atoms with Crippen molar-refractivity contribution >= 4 is 50.9 Å². The maximum absolute atomic E-state index is 11.9. The van der Waals surface area contributed by atoms with E-state index < -0.39 is 0 Å². The van der Waals surface area contributed by atoms with E-state index in [2.05, 4.69) is 21.2 Å². The van der Waals surface area contributed by atoms with Crippen LogP contribution in [-0.2, 0) is 4.79 Å². The number of carbonyl (C=O) groups is 1. The lowest BCUT2D eigenvalue weighted by atomic mass is 10.2. The lowest BCUT2D eigenvalue weighted by Gasteiger charge is -2.09. The van der Waals surface area contributed by atoms with Gasteiger partial charge in [0.1, 0.15) is 0 Å². The van der Waals surface area contributed by atoms with Gasteiger partial charge in [-0.05, 0) is 42.8 Å². The van der Waals surface area contributed by atoms with E-state index in [9.17, 15) is 4.79 Å². The van der Waals surface area contributed by atoms with Crippen molar-refractivity contribution in [2.45, 2.75) is 11.8 Å². The minimum Gasteiger partial charge on any atom is -0.325 e. The number of hydrogen-bond donors (Lipinski definition) is 1. The predicted molar refractivity (Wildman–Crippen MR) is 89.7 cm³/mol. The first kappa shape index (κ1) is 15.4. The highest BCUT2D eigenvalue weighted by Gasteiger charge is 2.07. The molecule has 0 saturated carbocycles. The van der Waals surface area contributed by atoms with Crippen molar-refractivity contribution in [2.75, 3.05) is 11.1 Å². The van der Waals surface area contributed by atoms with E-state index in [0.717, 1.165) is 20.6 Å². The molecule has 0 aromatic heterocycles. The van der Waals surface area contributed by atoms with Crippen molar-refractivity contribution in [3.05, 3.63) is 57.5 Å². The van der Waals surface area contributed by atoms with Crippen molar-refractivity contribution in [2.24, 2.45) is 0 Å². The summed E-state index contributed by atoms with van der Waals surface area (Å²) in [5, 5.41) is 3.57. The molecule has 0 saturated heterocycles. The van der Waals surface area contributed by atoms with Crippen molar-refractivity contribution in [1.82, 2.24) is 0 Å². The van der Waals surface area contributed by atoms with E-state index in [0.29, 0.717) is 10.8 Å². The molecule has 0 aliphatic heterocycles. The molecule has 0 heterocycles. The molecule has 1 amide bonds. The van der Waals surface area contributed by atoms with Gasteiger partial charge >= 0.3 is 0 Å². The van der Waals surface area contributed by atoms with Crippen LogP contribution in [0.1, 0.15) is 5.56 Å². The van der Waals surface area contributed by atoms with Gasteiger partial charge in [-0.25, -0.2) is 0 Å². The molecule has 1 N–H and O–H groups in total. The molecule has 2 nitrogen and oxygen atoms in total. The molecule has 2 rings (SSSR count). The largest absolute Gasteiger partial charge is 0.325 e. The van der Waals surface area contributed by atoms with E-state index in [1.807, 2.05) is 49.4 Å². The Morgan fingerprint density at radius 1 is 1.30 bits per heavy atom. The molecule has 0 aliphatic carbocycles. The Morgan fingerprint density at radius 2 is 2.05 bits per heavy atom. The highest BCUT2D eigenvalue weighted by atomic mass is 79.9. The summed E-state index contributed by atoms with van der Waals surface area (Å²) in [7, 11) is 0. The summed E-state index contributed by atoms with van der Waals surface area (Å²) in [6, 6.07) is 13.3. The highest BCUT2D eigenvalue weighted by molar-refractivity contribution is 9.10. The van der Waals surface area contributed by atoms with E-state index in [1.54, 1.807) is 0 Å². The third kappa shape index (κ3) is 4.27. The second-order valence-corrected chi connectivity index (χ2v) is 6.57. The summed E-state index contributed by atoms with van der Waals surface area (Å²) in [4.78, 5) is 12.9. The van der Waals surface area contributed by atoms with Gasteiger partial charge in [0.2, 0.25) is 5.91 Å². The quantitative estimate of drug-likeness (QED) is 0.755. The summed E-state index contributed by atoms with van der Waals surface area (Å²) in [5.41, 5.74) is 1.86. The average molecular weight is 371 g/mol. The number of halogens is 2. The van der Waals surface area contributed by atoms with Crippen LogP contribution < -0.4 is 5.32 Å². The van der Waals surface area contributed by atoms with Crippen LogP contribution in [0.5, 0.6) is 0 Å². The van der Waals surface area contributed by atoms with Gasteiger partial charge in [-0.1, -0.05) is 39.7 Å². The molecule has 0 atom stereocenters. The summed E-state index contributed by atoms with van der Waals surface area (Å²) < 4.78 is 0.999. The smallest absolute Gasteiger partial charge is 0.234 e. The molecule has 0 radical (unpaired) electrons. The topological polar surface area (TPSA) is 29.1 Å². The Hall–Kier alpha value is -0.970. The van der Waals surface area contributed by atoms with Crippen LogP contribution in [-0.4, -0.2) is 11.7 Å². The number of amides is 1. The lowest BCUT2D eigenvalue weighted by molar-refractivity contribution is -0.113. The highest BCUT2D eigenvalue weighted by Crippen LogP contribution is 2.27. The zero-order valence-electron chi connectivity index (χ0n) is 10.8. The second kappa shape index (κ2) is 7.16. The average Bonchev–Trinajstić information content (AvgIpc) is 2.41. The lowest BCUT2D eigenvalue weighted by Crippen LogP contribution is -2.14. The third-order valence-electron chi connectivity index (χ3n) is 2.66. The number of thioether (sulfide) groups is 1. The summed E-state index contributed by atoms with van der Waals surface area (Å²) in [5.74, 6) is 0.291. The van der Waals surface area contributed by atoms with Gasteiger partial charge in [0.15, 0.2) is 0 Å². The van der Waals surface area contributed by atoms with Gasteiger partial charge in [-0.3, -0.25) is 4.79 Å². The number of hydrogen-bond acceptors (Lipinski definition) is 2. The fourth-order valence-electron chi connectivity index (χ4n) is 1.66. The third-order valence-corrected chi connectivity index (χ3v) is 4.67. The van der Waals surface area contributed by atoms with Gasteiger partial charge in [0.25, 0.3) is 0 Å². The molecule has 2 aromatic rings. The van der Waals surface area contributed by atoms with Gasteiger partial charge in [-0.15, -0.1) is 11.8 Å². The first-order valence-corrected chi connectivity index (χ1v) is 8.15. The predicted octanol–water partition coefficient (Wildman–Crippen LogP) is 5.14. The van der Waals surface area contributed by atoms with Gasteiger partial charge in [0, 0.05) is 15.1 Å². The van der Waals surface area contributed by atoms with Crippen molar-refractivity contribution < 1.29 is 4.79 Å². The van der Waals surface area contributed by atoms with Crippen LogP contribution in [0.4, 0.5) is 5.69 Å². The van der Waals surface area contributed by atoms with Crippen LogP contribution in [0.25, 0.3) is 0 Å². The Balaban J connectivity index is 1.94. The fraction of sp³-hybridized carbons (Fsp3) is 0.133. The SMILES string of the molecule is Cc1cc(Br)ccc1NC(=O)CSc1ccccc1Cl. The standard InChI is InChI=1S/C15H13BrClNOS/c1-10-8-11(16)6-7-13(10)18-15(19)9-20-14-5-3-2-4-12(14)17/h2-8H,9H2,1H3,(H,18,19). The minimum atomic E-state index is -0.0413. The second-order valence-electron chi connectivity index (χ2n) is 4.23. The van der Waals surface area contributed by atoms with Crippen molar-refractivity contribution in [1.29, 1.82) is 0 Å². The first-order valence-electron chi connectivity index (χ1n) is 5.99. The molecule has 2 aromatic carbocycles. The van der Waals surface area contributed by atoms with Crippen LogP contribution in [0, 0.1) is 6.92 Å². The number of benzene rings is 2. The summed E-state index contributed by atoms with van der Waals surface area (Å²) >= 11 is 10.9. The maximum Gasteiger partial charge on any atom is 0.234 e. The van der Waals surface area contributed by atoms with E-state index in [-0.39, 0.29) is 5.91 Å². The molecular formula is C15H13BrClNOS. The minimum absolute atomic E-state index is 0.0413. The summed E-state index contributed by atoms with van der Waals surface area (Å²) in [6.07, 6.45) is 0. The molecular weight excluding hydrogens is 358 g/mol. The molecule has 20 heavy (non-hydrogen) atoms. The van der Waals surface area contributed by atoms with Crippen LogP contribution >= 0.6 is 39.3 Å². The molecule has 0 spiro atoms. The molecule has 104 valence electrons. The number of rotatable bonds is 4. The zero-order chi connectivity index (χ0) is 14.5. The first-order chi connectivity index (χ1) is 9.56. The molecule has 0 aliphatic rings. The Bertz CT molecular complexity index is 633.